The Balaban J connectivity index is 1.52. The number of hydrogen-bond acceptors (Lipinski definition) is 6. The molecule has 0 amide bonds. The van der Waals surface area contributed by atoms with Crippen LogP contribution in [0.1, 0.15) is 11.5 Å². The summed E-state index contributed by atoms with van der Waals surface area (Å²) in [4.78, 5) is 0. The molecule has 6 nitrogen and oxygen atoms in total. The van der Waals surface area contributed by atoms with Gasteiger partial charge in [-0.25, -0.2) is 0 Å². The zero-order valence-electron chi connectivity index (χ0n) is 13.5. The van der Waals surface area contributed by atoms with Gasteiger partial charge in [-0.2, -0.15) is 0 Å². The van der Waals surface area contributed by atoms with Gasteiger partial charge < -0.3 is 13.7 Å². The van der Waals surface area contributed by atoms with E-state index in [9.17, 15) is 0 Å². The molecule has 6 heteroatoms. The lowest BCUT2D eigenvalue weighted by molar-refractivity contribution is 0.414. The van der Waals surface area contributed by atoms with E-state index in [0.717, 1.165) is 16.9 Å². The first-order valence-corrected chi connectivity index (χ1v) is 7.79. The van der Waals surface area contributed by atoms with Crippen molar-refractivity contribution in [2.75, 3.05) is 7.11 Å². The van der Waals surface area contributed by atoms with Crippen LogP contribution in [0.25, 0.3) is 22.9 Å². The molecule has 0 unspecified atom stereocenters. The predicted molar refractivity (Wildman–Crippen MR) is 91.0 cm³/mol. The van der Waals surface area contributed by atoms with Crippen molar-refractivity contribution >= 4 is 0 Å². The Morgan fingerprint density at radius 3 is 2.52 bits per heavy atom. The molecule has 0 aliphatic rings. The van der Waals surface area contributed by atoms with E-state index in [1.807, 2.05) is 54.6 Å². The Labute approximate surface area is 144 Å². The summed E-state index contributed by atoms with van der Waals surface area (Å²) in [5.74, 6) is 2.33. The van der Waals surface area contributed by atoms with Crippen LogP contribution in [0.15, 0.2) is 69.6 Å². The van der Waals surface area contributed by atoms with Crippen LogP contribution in [-0.4, -0.2) is 22.5 Å². The summed E-state index contributed by atoms with van der Waals surface area (Å²) >= 11 is 0. The molecule has 2 aromatic heterocycles. The molecule has 25 heavy (non-hydrogen) atoms. The van der Waals surface area contributed by atoms with Crippen LogP contribution in [0.5, 0.6) is 5.75 Å². The quantitative estimate of drug-likeness (QED) is 0.550. The largest absolute Gasteiger partial charge is 0.497 e. The van der Waals surface area contributed by atoms with Gasteiger partial charge in [-0.05, 0) is 17.7 Å². The summed E-state index contributed by atoms with van der Waals surface area (Å²) in [6.45, 7) is 0. The van der Waals surface area contributed by atoms with Crippen molar-refractivity contribution in [2.45, 2.75) is 6.42 Å². The third-order valence-electron chi connectivity index (χ3n) is 3.77. The minimum atomic E-state index is 0.342. The molecule has 2 aromatic carbocycles. The number of hydrogen-bond donors (Lipinski definition) is 0. The minimum absolute atomic E-state index is 0.342. The average molecular weight is 333 g/mol. The van der Waals surface area contributed by atoms with Crippen LogP contribution in [0.4, 0.5) is 0 Å². The van der Waals surface area contributed by atoms with Gasteiger partial charge in [-0.1, -0.05) is 47.6 Å². The van der Waals surface area contributed by atoms with Crippen molar-refractivity contribution in [3.8, 4) is 28.7 Å². The van der Waals surface area contributed by atoms with Crippen LogP contribution < -0.4 is 4.74 Å². The number of methoxy groups -OCH3 is 1. The van der Waals surface area contributed by atoms with Gasteiger partial charge in [0.05, 0.1) is 13.5 Å². The first kappa shape index (κ1) is 15.1. The maximum Gasteiger partial charge on any atom is 0.269 e. The summed E-state index contributed by atoms with van der Waals surface area (Å²) in [7, 11) is 1.64. The molecule has 0 radical (unpaired) electrons. The van der Waals surface area contributed by atoms with Gasteiger partial charge in [0.15, 0.2) is 11.5 Å². The van der Waals surface area contributed by atoms with Crippen molar-refractivity contribution in [2.24, 2.45) is 0 Å². The van der Waals surface area contributed by atoms with E-state index in [1.54, 1.807) is 13.2 Å². The number of ether oxygens (including phenoxy) is 1. The molecule has 0 aliphatic carbocycles. The van der Waals surface area contributed by atoms with Crippen LogP contribution in [0, 0.1) is 0 Å². The molecule has 0 saturated carbocycles. The normalized spacial score (nSPS) is 10.8. The van der Waals surface area contributed by atoms with Crippen molar-refractivity contribution in [1.29, 1.82) is 0 Å². The maximum absolute atomic E-state index is 5.70. The van der Waals surface area contributed by atoms with Gasteiger partial charge in [0.25, 0.3) is 5.89 Å². The first-order chi connectivity index (χ1) is 12.3. The van der Waals surface area contributed by atoms with Crippen molar-refractivity contribution in [1.82, 2.24) is 15.4 Å². The minimum Gasteiger partial charge on any atom is -0.497 e. The SMILES string of the molecule is COc1ccc(Cc2nnc(-c3cc(-c4ccccc4)on3)o2)cc1. The molecular weight excluding hydrogens is 318 g/mol. The molecule has 0 aliphatic heterocycles. The second-order valence-electron chi connectivity index (χ2n) is 5.47. The van der Waals surface area contributed by atoms with Gasteiger partial charge in [0.2, 0.25) is 5.89 Å². The number of nitrogens with zero attached hydrogens (tertiary/aromatic N) is 3. The fourth-order valence-corrected chi connectivity index (χ4v) is 2.46. The van der Waals surface area contributed by atoms with E-state index in [0.29, 0.717) is 29.7 Å². The second-order valence-corrected chi connectivity index (χ2v) is 5.47. The third kappa shape index (κ3) is 3.28. The molecular formula is C19H15N3O3. The Kier molecular flexibility index (Phi) is 4.00. The number of benzene rings is 2. The molecule has 4 rings (SSSR count). The standard InChI is InChI=1S/C19H15N3O3/c1-23-15-9-7-13(8-10-15)11-18-20-21-19(24-18)16-12-17(25-22-16)14-5-3-2-4-6-14/h2-10,12H,11H2,1H3. The molecule has 0 N–H and O–H groups in total. The highest BCUT2D eigenvalue weighted by Gasteiger charge is 2.15. The Morgan fingerprint density at radius 2 is 1.76 bits per heavy atom. The smallest absolute Gasteiger partial charge is 0.269 e. The molecule has 2 heterocycles. The highest BCUT2D eigenvalue weighted by molar-refractivity contribution is 5.62. The fourth-order valence-electron chi connectivity index (χ4n) is 2.46. The van der Waals surface area contributed by atoms with Crippen LogP contribution in [-0.2, 0) is 6.42 Å². The summed E-state index contributed by atoms with van der Waals surface area (Å²) in [5, 5.41) is 12.2. The Hall–Kier alpha value is -3.41. The number of rotatable bonds is 5. The molecule has 0 saturated heterocycles. The summed E-state index contributed by atoms with van der Waals surface area (Å²) in [6.07, 6.45) is 0.542. The van der Waals surface area contributed by atoms with E-state index < -0.39 is 0 Å². The van der Waals surface area contributed by atoms with Crippen LogP contribution >= 0.6 is 0 Å². The zero-order valence-corrected chi connectivity index (χ0v) is 13.5. The predicted octanol–water partition coefficient (Wildman–Crippen LogP) is 3.99. The Morgan fingerprint density at radius 1 is 0.960 bits per heavy atom. The van der Waals surface area contributed by atoms with E-state index in [-0.39, 0.29) is 0 Å². The number of aromatic nitrogens is 3. The lowest BCUT2D eigenvalue weighted by Crippen LogP contribution is -1.89. The van der Waals surface area contributed by atoms with Gasteiger partial charge >= 0.3 is 0 Å². The third-order valence-corrected chi connectivity index (χ3v) is 3.77. The van der Waals surface area contributed by atoms with Crippen LogP contribution in [0.3, 0.4) is 0 Å². The summed E-state index contributed by atoms with van der Waals surface area (Å²) in [5.41, 5.74) is 2.52. The molecule has 0 bridgehead atoms. The van der Waals surface area contributed by atoms with Gasteiger partial charge in [-0.15, -0.1) is 10.2 Å². The lowest BCUT2D eigenvalue weighted by atomic mass is 10.1. The first-order valence-electron chi connectivity index (χ1n) is 7.79. The second kappa shape index (κ2) is 6.60. The molecule has 4 aromatic rings. The molecule has 124 valence electrons. The van der Waals surface area contributed by atoms with E-state index in [2.05, 4.69) is 15.4 Å². The highest BCUT2D eigenvalue weighted by atomic mass is 16.5. The van der Waals surface area contributed by atoms with Crippen molar-refractivity contribution < 1.29 is 13.7 Å². The van der Waals surface area contributed by atoms with E-state index in [1.165, 1.54) is 0 Å². The van der Waals surface area contributed by atoms with Gasteiger partial charge in [0, 0.05) is 11.6 Å². The van der Waals surface area contributed by atoms with Gasteiger partial charge in [-0.3, -0.25) is 0 Å². The van der Waals surface area contributed by atoms with Crippen molar-refractivity contribution in [3.63, 3.8) is 0 Å². The van der Waals surface area contributed by atoms with E-state index >= 15 is 0 Å². The maximum atomic E-state index is 5.70. The molecule has 0 fully saturated rings. The molecule has 0 spiro atoms. The summed E-state index contributed by atoms with van der Waals surface area (Å²) < 4.78 is 16.2. The van der Waals surface area contributed by atoms with Crippen molar-refractivity contribution in [3.05, 3.63) is 72.1 Å². The summed E-state index contributed by atoms with van der Waals surface area (Å²) in [6, 6.07) is 19.3. The van der Waals surface area contributed by atoms with Crippen LogP contribution in [0.2, 0.25) is 0 Å². The fraction of sp³-hybridized carbons (Fsp3) is 0.105. The topological polar surface area (TPSA) is 74.2 Å². The average Bonchev–Trinajstić information content (AvgIpc) is 3.32. The Bertz CT molecular complexity index is 959. The molecule has 0 atom stereocenters. The zero-order chi connectivity index (χ0) is 17.1. The monoisotopic (exact) mass is 333 g/mol. The van der Waals surface area contributed by atoms with Gasteiger partial charge in [0.1, 0.15) is 5.75 Å². The van der Waals surface area contributed by atoms with E-state index in [4.69, 9.17) is 13.7 Å². The highest BCUT2D eigenvalue weighted by Crippen LogP contribution is 2.25. The lowest BCUT2D eigenvalue weighted by Gasteiger charge is -2.00.